The molecule has 0 bridgehead atoms. The summed E-state index contributed by atoms with van der Waals surface area (Å²) in [6, 6.07) is 17.6. The second kappa shape index (κ2) is 24.0. The first-order valence-corrected chi connectivity index (χ1v) is 20.8. The number of ether oxygens (including phenoxy) is 5. The minimum Gasteiger partial charge on any atom is -0.492 e. The molecule has 3 aromatic heterocycles. The monoisotopic (exact) mass is 888 g/mol. The molecule has 5 aromatic rings. The number of allylic oxidation sites excluding steroid dienone is 2. The van der Waals surface area contributed by atoms with Crippen molar-refractivity contribution in [1.29, 1.82) is 0 Å². The Morgan fingerprint density at radius 2 is 1.49 bits per heavy atom. The lowest BCUT2D eigenvalue weighted by atomic mass is 10.0. The number of rotatable bonds is 27. The smallest absolute Gasteiger partial charge is 0.492 e. The van der Waals surface area contributed by atoms with E-state index >= 15 is 0 Å². The maximum atomic E-state index is 14.0. The highest BCUT2D eigenvalue weighted by Crippen LogP contribution is 2.34. The molecule has 0 spiro atoms. The Morgan fingerprint density at radius 1 is 0.810 bits per heavy atom. The largest absolute Gasteiger partial charge is 0.677 e. The lowest BCUT2D eigenvalue weighted by Gasteiger charge is -2.10. The Morgan fingerprint density at radius 3 is 2.17 bits per heavy atom. The van der Waals surface area contributed by atoms with E-state index in [0.29, 0.717) is 90.5 Å². The summed E-state index contributed by atoms with van der Waals surface area (Å²) in [5, 5.41) is 16.0. The van der Waals surface area contributed by atoms with Crippen LogP contribution < -0.4 is 15.4 Å². The van der Waals surface area contributed by atoms with Crippen LogP contribution >= 0.6 is 11.6 Å². The number of nitrogens with one attached hydrogen (secondary N) is 4. The number of H-pyrrole nitrogens is 2. The molecule has 15 nitrogen and oxygen atoms in total. The van der Waals surface area contributed by atoms with E-state index < -0.39 is 13.4 Å². The fourth-order valence-corrected chi connectivity index (χ4v) is 6.83. The summed E-state index contributed by atoms with van der Waals surface area (Å²) in [5.74, 6) is -0.846. The summed E-state index contributed by atoms with van der Waals surface area (Å²) in [5.41, 5.74) is 5.09. The minimum atomic E-state index is -2.77. The van der Waals surface area contributed by atoms with Gasteiger partial charge in [0.1, 0.15) is 12.4 Å². The third-order valence-electron chi connectivity index (χ3n) is 9.68. The topological polar surface area (TPSA) is 191 Å². The normalized spacial score (nSPS) is 12.9. The van der Waals surface area contributed by atoms with Gasteiger partial charge < -0.3 is 53.9 Å². The molecular formula is C44H48BClF2N6O9. The van der Waals surface area contributed by atoms with Crippen molar-refractivity contribution in [2.24, 2.45) is 4.99 Å². The molecular weight excluding hydrogens is 841 g/mol. The van der Waals surface area contributed by atoms with Crippen LogP contribution in [0.1, 0.15) is 40.3 Å². The molecule has 2 aromatic carbocycles. The molecule has 63 heavy (non-hydrogen) atoms. The van der Waals surface area contributed by atoms with Gasteiger partial charge in [-0.15, -0.1) is 0 Å². The van der Waals surface area contributed by atoms with Gasteiger partial charge in [-0.3, -0.25) is 18.2 Å². The Bertz CT molecular complexity index is 2380. The van der Waals surface area contributed by atoms with Crippen LogP contribution in [0, 0.1) is 0 Å². The molecule has 332 valence electrons. The second-order valence-corrected chi connectivity index (χ2v) is 14.4. The zero-order valence-corrected chi connectivity index (χ0v) is 35.1. The first-order chi connectivity index (χ1) is 30.7. The number of amides is 2. The number of carbonyl (C=O) groups excluding carboxylic acids is 2. The number of aromatic amines is 2. The van der Waals surface area contributed by atoms with E-state index in [4.69, 9.17) is 35.3 Å². The molecule has 0 fully saturated rings. The van der Waals surface area contributed by atoms with Crippen molar-refractivity contribution in [3.8, 4) is 16.9 Å². The maximum absolute atomic E-state index is 14.0. The van der Waals surface area contributed by atoms with E-state index in [1.807, 2.05) is 30.3 Å². The fourth-order valence-electron chi connectivity index (χ4n) is 6.56. The molecule has 0 aliphatic carbocycles. The number of nitrogens with zero attached hydrogens (tertiary/aromatic N) is 2. The number of halogens is 3. The van der Waals surface area contributed by atoms with Crippen LogP contribution in [0.15, 0.2) is 95.9 Å². The molecule has 5 N–H and O–H groups in total. The first kappa shape index (κ1) is 46.5. The van der Waals surface area contributed by atoms with Gasteiger partial charge in [-0.25, -0.2) is 9.79 Å². The Balaban J connectivity index is 0.720. The highest BCUT2D eigenvalue weighted by Gasteiger charge is 2.24. The predicted molar refractivity (Wildman–Crippen MR) is 236 cm³/mol. The van der Waals surface area contributed by atoms with E-state index in [1.54, 1.807) is 54.7 Å². The SMILES string of the molecule is O=C(CCOCCOCCOCCOCCNC(=O)CCc1ccc(/C=C2/C=CC(c3ccc[nH]3)=N2)n1B(F)F)NCCOc1ccc(-c2cc3c(C(=O)O)c[nH]c3cc2Cl)cc1. The lowest BCUT2D eigenvalue weighted by molar-refractivity contribution is -0.122. The van der Waals surface area contributed by atoms with Gasteiger partial charge in [0.05, 0.1) is 87.1 Å². The van der Waals surface area contributed by atoms with Crippen LogP contribution in [0.5, 0.6) is 5.75 Å². The van der Waals surface area contributed by atoms with Crippen molar-refractivity contribution >= 4 is 59.5 Å². The number of aryl methyl sites for hydroxylation is 1. The maximum Gasteiger partial charge on any atom is 0.677 e. The summed E-state index contributed by atoms with van der Waals surface area (Å²) >= 11 is 6.47. The van der Waals surface area contributed by atoms with Crippen molar-refractivity contribution in [2.75, 3.05) is 72.6 Å². The average Bonchev–Trinajstić information content (AvgIpc) is 4.11. The van der Waals surface area contributed by atoms with Gasteiger partial charge in [0, 0.05) is 59.6 Å². The van der Waals surface area contributed by atoms with Gasteiger partial charge >= 0.3 is 13.4 Å². The lowest BCUT2D eigenvalue weighted by Crippen LogP contribution is -2.29. The van der Waals surface area contributed by atoms with E-state index in [-0.39, 0.29) is 63.0 Å². The second-order valence-electron chi connectivity index (χ2n) is 14.0. The fraction of sp³-hybridized carbons (Fsp3) is 0.318. The Labute approximate surface area is 367 Å². The Hall–Kier alpha value is -6.05. The number of hydrogen-bond acceptors (Lipinski definition) is 9. The van der Waals surface area contributed by atoms with Crippen molar-refractivity contribution in [2.45, 2.75) is 19.3 Å². The molecule has 1 aliphatic rings. The molecule has 2 amide bonds. The van der Waals surface area contributed by atoms with Gasteiger partial charge in [0.2, 0.25) is 11.8 Å². The molecule has 0 unspecified atom stereocenters. The summed E-state index contributed by atoms with van der Waals surface area (Å²) in [7, 11) is -2.77. The summed E-state index contributed by atoms with van der Waals surface area (Å²) in [6.45, 7) is 3.45. The first-order valence-electron chi connectivity index (χ1n) is 20.4. The molecule has 0 radical (unpaired) electrons. The quantitative estimate of drug-likeness (QED) is 0.0303. The van der Waals surface area contributed by atoms with Crippen LogP contribution in [0.2, 0.25) is 5.02 Å². The third kappa shape index (κ3) is 14.0. The zero-order valence-electron chi connectivity index (χ0n) is 34.4. The molecule has 0 saturated heterocycles. The van der Waals surface area contributed by atoms with Crippen molar-refractivity contribution in [3.63, 3.8) is 0 Å². The standard InChI is InChI=1S/C44H48BClF2N6O9/c46-38-28-41-36(37(29-52-41)44(57)58)27-35(38)30-3-9-34(10-4-30)63-19-16-51-43(56)13-17-59-20-22-61-24-25-62-23-21-60-18-15-50-42(55)12-8-32-6-7-33(54(32)45(47)48)26-31-5-11-40(53-31)39-2-1-14-49-39/h1-7,9-11,14,26-29,49,52H,8,12-13,15-25H2,(H,50,55)(H,51,56)(H,57,58)/b31-26-. The van der Waals surface area contributed by atoms with Crippen LogP contribution in [-0.2, 0) is 35.0 Å². The highest BCUT2D eigenvalue weighted by molar-refractivity contribution is 6.41. The third-order valence-corrected chi connectivity index (χ3v) is 10.00. The van der Waals surface area contributed by atoms with E-state index in [2.05, 4.69) is 25.6 Å². The highest BCUT2D eigenvalue weighted by atomic mass is 35.5. The van der Waals surface area contributed by atoms with Crippen LogP contribution in [0.25, 0.3) is 28.1 Å². The van der Waals surface area contributed by atoms with E-state index in [0.717, 1.165) is 21.4 Å². The number of carboxylic acid groups (broad SMARTS) is 1. The van der Waals surface area contributed by atoms with E-state index in [1.165, 1.54) is 6.20 Å². The number of benzene rings is 2. The van der Waals surface area contributed by atoms with Crippen molar-refractivity contribution in [1.82, 2.24) is 25.1 Å². The van der Waals surface area contributed by atoms with Crippen molar-refractivity contribution < 1.29 is 51.8 Å². The summed E-state index contributed by atoms with van der Waals surface area (Å²) < 4.78 is 56.6. The van der Waals surface area contributed by atoms with Gasteiger partial charge in [-0.2, -0.15) is 0 Å². The summed E-state index contributed by atoms with van der Waals surface area (Å²) in [6.07, 6.45) is 8.80. The molecule has 4 heterocycles. The molecule has 19 heteroatoms. The molecule has 0 saturated carbocycles. The minimum absolute atomic E-state index is 0.0498. The summed E-state index contributed by atoms with van der Waals surface area (Å²) in [4.78, 5) is 46.5. The number of aromatic carboxylic acids is 1. The van der Waals surface area contributed by atoms with Gasteiger partial charge in [0.25, 0.3) is 0 Å². The number of aliphatic imine (C=N–C) groups is 1. The van der Waals surface area contributed by atoms with Crippen molar-refractivity contribution in [3.05, 3.63) is 119 Å². The predicted octanol–water partition coefficient (Wildman–Crippen LogP) is 6.19. The zero-order chi connectivity index (χ0) is 44.4. The number of hydrogen-bond donors (Lipinski definition) is 5. The van der Waals surface area contributed by atoms with E-state index in [9.17, 15) is 28.1 Å². The average molecular weight is 889 g/mol. The molecule has 1 aliphatic heterocycles. The van der Waals surface area contributed by atoms with Crippen LogP contribution in [0.4, 0.5) is 8.63 Å². The Kier molecular flexibility index (Phi) is 17.7. The number of aromatic nitrogens is 3. The number of fused-ring (bicyclic) bond motifs is 1. The van der Waals surface area contributed by atoms with Gasteiger partial charge in [-0.1, -0.05) is 23.7 Å². The molecule has 0 atom stereocenters. The molecule has 6 rings (SSSR count). The van der Waals surface area contributed by atoms with Gasteiger partial charge in [-0.05, 0) is 78.7 Å². The van der Waals surface area contributed by atoms with Crippen LogP contribution in [-0.4, -0.2) is 123 Å². The van der Waals surface area contributed by atoms with Crippen LogP contribution in [0.3, 0.4) is 0 Å². The number of carboxylic acids is 1. The number of carbonyl (C=O) groups is 3. The van der Waals surface area contributed by atoms with Gasteiger partial charge in [0.15, 0.2) is 0 Å².